The van der Waals surface area contributed by atoms with E-state index >= 15 is 0 Å². The number of fused-ring (bicyclic) bond motifs is 1. The van der Waals surface area contributed by atoms with Gasteiger partial charge in [-0.25, -0.2) is 0 Å². The number of nitrogens with two attached hydrogens (primary N) is 1. The van der Waals surface area contributed by atoms with Gasteiger partial charge >= 0.3 is 0 Å². The first kappa shape index (κ1) is 20.5. The van der Waals surface area contributed by atoms with Crippen LogP contribution in [0.3, 0.4) is 0 Å². The minimum absolute atomic E-state index is 0.0535. The van der Waals surface area contributed by atoms with Crippen molar-refractivity contribution in [3.63, 3.8) is 0 Å². The van der Waals surface area contributed by atoms with Crippen molar-refractivity contribution < 1.29 is 23.5 Å². The highest BCUT2D eigenvalue weighted by Gasteiger charge is 2.21. The topological polar surface area (TPSA) is 104 Å². The van der Waals surface area contributed by atoms with Crippen molar-refractivity contribution in [3.05, 3.63) is 52.7 Å². The van der Waals surface area contributed by atoms with E-state index in [-0.39, 0.29) is 23.8 Å². The number of carbonyl (C=O) groups is 2. The van der Waals surface area contributed by atoms with E-state index in [1.165, 1.54) is 0 Å². The fourth-order valence-electron chi connectivity index (χ4n) is 2.94. The maximum atomic E-state index is 12.7. The molecule has 3 N–H and O–H groups in total. The number of benzene rings is 2. The van der Waals surface area contributed by atoms with E-state index in [2.05, 4.69) is 5.32 Å². The third-order valence-electron chi connectivity index (χ3n) is 4.11. The van der Waals surface area contributed by atoms with Crippen LogP contribution in [0.25, 0.3) is 11.0 Å². The van der Waals surface area contributed by atoms with E-state index in [0.717, 1.165) is 5.56 Å². The number of anilines is 1. The van der Waals surface area contributed by atoms with Crippen molar-refractivity contribution in [2.24, 2.45) is 5.73 Å². The lowest BCUT2D eigenvalue weighted by Gasteiger charge is -2.12. The quantitative estimate of drug-likeness (QED) is 0.573. The summed E-state index contributed by atoms with van der Waals surface area (Å²) in [5, 5.41) is 3.66. The van der Waals surface area contributed by atoms with E-state index in [0.29, 0.717) is 40.7 Å². The summed E-state index contributed by atoms with van der Waals surface area (Å²) in [5.41, 5.74) is 6.72. The van der Waals surface area contributed by atoms with Gasteiger partial charge < -0.3 is 24.9 Å². The van der Waals surface area contributed by atoms with Gasteiger partial charge in [0.2, 0.25) is 11.7 Å². The Morgan fingerprint density at radius 1 is 1.07 bits per heavy atom. The number of halogens is 1. The second-order valence-electron chi connectivity index (χ2n) is 6.18. The summed E-state index contributed by atoms with van der Waals surface area (Å²) in [6, 6.07) is 10.1. The smallest absolute Gasteiger partial charge is 0.286 e. The number of ether oxygens (including phenoxy) is 2. The number of carbonyl (C=O) groups excluding carboxylic acids is 2. The van der Waals surface area contributed by atoms with Gasteiger partial charge in [-0.3, -0.25) is 9.59 Å². The zero-order valence-corrected chi connectivity index (χ0v) is 16.8. The molecule has 3 rings (SSSR count). The lowest BCUT2D eigenvalue weighted by Crippen LogP contribution is -2.18. The SMILES string of the molecule is CCOc1ccc(CC(=O)Nc2c(C(N)=O)oc3ccc(Cl)cc23)cc1OCC. The molecule has 1 aromatic heterocycles. The van der Waals surface area contributed by atoms with Crippen LogP contribution in [-0.2, 0) is 11.2 Å². The molecule has 7 nitrogen and oxygen atoms in total. The number of hydrogen-bond acceptors (Lipinski definition) is 5. The zero-order chi connectivity index (χ0) is 21.0. The molecule has 1 heterocycles. The molecular formula is C21H21ClN2O5. The average molecular weight is 417 g/mol. The first-order valence-electron chi connectivity index (χ1n) is 9.13. The number of furan rings is 1. The van der Waals surface area contributed by atoms with Gasteiger partial charge in [-0.2, -0.15) is 0 Å². The minimum Gasteiger partial charge on any atom is -0.490 e. The Hall–Kier alpha value is -3.19. The Balaban J connectivity index is 1.86. The largest absolute Gasteiger partial charge is 0.490 e. The van der Waals surface area contributed by atoms with E-state index < -0.39 is 5.91 Å². The van der Waals surface area contributed by atoms with Crippen LogP contribution in [0.1, 0.15) is 30.0 Å². The monoisotopic (exact) mass is 416 g/mol. The Bertz CT molecular complexity index is 1060. The number of primary amides is 1. The summed E-state index contributed by atoms with van der Waals surface area (Å²) in [7, 11) is 0. The van der Waals surface area contributed by atoms with Crippen LogP contribution in [-0.4, -0.2) is 25.0 Å². The first-order chi connectivity index (χ1) is 13.9. The van der Waals surface area contributed by atoms with Crippen LogP contribution in [0.15, 0.2) is 40.8 Å². The number of nitrogens with one attached hydrogen (secondary N) is 1. The van der Waals surface area contributed by atoms with Gasteiger partial charge in [0.15, 0.2) is 11.5 Å². The molecule has 2 aromatic carbocycles. The van der Waals surface area contributed by atoms with Gasteiger partial charge in [-0.05, 0) is 49.7 Å². The summed E-state index contributed by atoms with van der Waals surface area (Å²) in [6.45, 7) is 4.73. The van der Waals surface area contributed by atoms with Gasteiger partial charge in [0.1, 0.15) is 11.3 Å². The first-order valence-corrected chi connectivity index (χ1v) is 9.51. The fourth-order valence-corrected chi connectivity index (χ4v) is 3.11. The Morgan fingerprint density at radius 2 is 1.79 bits per heavy atom. The van der Waals surface area contributed by atoms with Crippen LogP contribution >= 0.6 is 11.6 Å². The normalized spacial score (nSPS) is 10.7. The van der Waals surface area contributed by atoms with Gasteiger partial charge in [-0.15, -0.1) is 0 Å². The molecule has 0 saturated carbocycles. The summed E-state index contributed by atoms with van der Waals surface area (Å²) >= 11 is 6.04. The van der Waals surface area contributed by atoms with Crippen molar-refractivity contribution in [1.29, 1.82) is 0 Å². The molecule has 0 spiro atoms. The fraction of sp³-hybridized carbons (Fsp3) is 0.238. The van der Waals surface area contributed by atoms with Crippen LogP contribution in [0.2, 0.25) is 5.02 Å². The van der Waals surface area contributed by atoms with Crippen LogP contribution in [0.4, 0.5) is 5.69 Å². The summed E-state index contributed by atoms with van der Waals surface area (Å²) in [5.74, 6) is -0.0746. The standard InChI is InChI=1S/C21H21ClN2O5/c1-3-27-16-7-5-12(9-17(16)28-4-2)10-18(25)24-19-14-11-13(22)6-8-15(14)29-20(19)21(23)26/h5-9,11H,3-4,10H2,1-2H3,(H2,23,26)(H,24,25). The molecule has 152 valence electrons. The van der Waals surface area contributed by atoms with Crippen molar-refractivity contribution in [2.75, 3.05) is 18.5 Å². The molecule has 0 aliphatic carbocycles. The third-order valence-corrected chi connectivity index (χ3v) is 4.35. The van der Waals surface area contributed by atoms with Gasteiger partial charge in [0.05, 0.1) is 19.6 Å². The summed E-state index contributed by atoms with van der Waals surface area (Å²) < 4.78 is 16.6. The number of hydrogen-bond donors (Lipinski definition) is 2. The molecule has 29 heavy (non-hydrogen) atoms. The van der Waals surface area contributed by atoms with Gasteiger partial charge in [-0.1, -0.05) is 17.7 Å². The third kappa shape index (κ3) is 4.63. The van der Waals surface area contributed by atoms with Crippen LogP contribution < -0.4 is 20.5 Å². The molecule has 0 aliphatic rings. The van der Waals surface area contributed by atoms with E-state index in [1.54, 1.807) is 36.4 Å². The molecule has 8 heteroatoms. The van der Waals surface area contributed by atoms with E-state index in [4.69, 9.17) is 31.2 Å². The Labute approximate surface area is 172 Å². The van der Waals surface area contributed by atoms with E-state index in [1.807, 2.05) is 13.8 Å². The second-order valence-corrected chi connectivity index (χ2v) is 6.62. The second kappa shape index (κ2) is 8.87. The van der Waals surface area contributed by atoms with Crippen molar-refractivity contribution in [1.82, 2.24) is 0 Å². The molecule has 0 saturated heterocycles. The molecule has 0 aliphatic heterocycles. The molecule has 3 aromatic rings. The van der Waals surface area contributed by atoms with Crippen molar-refractivity contribution in [2.45, 2.75) is 20.3 Å². The molecule has 0 atom stereocenters. The number of rotatable bonds is 8. The molecule has 0 bridgehead atoms. The molecule has 0 fully saturated rings. The predicted octanol–water partition coefficient (Wildman–Crippen LogP) is 4.16. The molecule has 0 radical (unpaired) electrons. The van der Waals surface area contributed by atoms with Crippen molar-refractivity contribution in [3.8, 4) is 11.5 Å². The summed E-state index contributed by atoms with van der Waals surface area (Å²) in [6.07, 6.45) is 0.0535. The maximum Gasteiger partial charge on any atom is 0.286 e. The highest BCUT2D eigenvalue weighted by Crippen LogP contribution is 2.33. The highest BCUT2D eigenvalue weighted by molar-refractivity contribution is 6.31. The zero-order valence-electron chi connectivity index (χ0n) is 16.1. The lowest BCUT2D eigenvalue weighted by atomic mass is 10.1. The molecule has 2 amide bonds. The summed E-state index contributed by atoms with van der Waals surface area (Å²) in [4.78, 5) is 24.4. The lowest BCUT2D eigenvalue weighted by molar-refractivity contribution is -0.115. The Kier molecular flexibility index (Phi) is 6.29. The number of amides is 2. The predicted molar refractivity (Wildman–Crippen MR) is 111 cm³/mol. The van der Waals surface area contributed by atoms with Crippen LogP contribution in [0, 0.1) is 0 Å². The van der Waals surface area contributed by atoms with Gasteiger partial charge in [0.25, 0.3) is 5.91 Å². The maximum absolute atomic E-state index is 12.7. The highest BCUT2D eigenvalue weighted by atomic mass is 35.5. The average Bonchev–Trinajstić information content (AvgIpc) is 3.02. The minimum atomic E-state index is -0.785. The van der Waals surface area contributed by atoms with E-state index in [9.17, 15) is 9.59 Å². The van der Waals surface area contributed by atoms with Crippen LogP contribution in [0.5, 0.6) is 11.5 Å². The molecular weight excluding hydrogens is 396 g/mol. The molecule has 0 unspecified atom stereocenters. The Morgan fingerprint density at radius 3 is 2.48 bits per heavy atom. The van der Waals surface area contributed by atoms with Crippen molar-refractivity contribution >= 4 is 40.1 Å². The van der Waals surface area contributed by atoms with Gasteiger partial charge in [0, 0.05) is 10.4 Å².